The van der Waals surface area contributed by atoms with Gasteiger partial charge >= 0.3 is 0 Å². The Hall–Kier alpha value is -4.30. The van der Waals surface area contributed by atoms with Gasteiger partial charge in [-0.3, -0.25) is 10.1 Å². The van der Waals surface area contributed by atoms with E-state index in [1.54, 1.807) is 30.5 Å². The lowest BCUT2D eigenvalue weighted by Crippen LogP contribution is -1.92. The van der Waals surface area contributed by atoms with Crippen LogP contribution in [0.5, 0.6) is 5.75 Å². The highest BCUT2D eigenvalue weighted by Crippen LogP contribution is 2.24. The highest BCUT2D eigenvalue weighted by Gasteiger charge is 2.09. The molecule has 0 bridgehead atoms. The Bertz CT molecular complexity index is 1330. The predicted molar refractivity (Wildman–Crippen MR) is 124 cm³/mol. The number of rotatable bonds is 6. The first-order valence-corrected chi connectivity index (χ1v) is 9.83. The summed E-state index contributed by atoms with van der Waals surface area (Å²) in [7, 11) is 0. The van der Waals surface area contributed by atoms with Crippen molar-refractivity contribution in [1.82, 2.24) is 9.66 Å². The van der Waals surface area contributed by atoms with Crippen molar-refractivity contribution in [2.45, 2.75) is 0 Å². The lowest BCUT2D eigenvalue weighted by molar-refractivity contribution is -0.384. The van der Waals surface area contributed by atoms with E-state index in [4.69, 9.17) is 11.6 Å². The van der Waals surface area contributed by atoms with Crippen LogP contribution in [-0.2, 0) is 0 Å². The first kappa shape index (κ1) is 21.0. The van der Waals surface area contributed by atoms with Crippen molar-refractivity contribution in [3.63, 3.8) is 0 Å². The van der Waals surface area contributed by atoms with Crippen molar-refractivity contribution in [3.8, 4) is 17.0 Å². The molecule has 3 aromatic carbocycles. The maximum Gasteiger partial charge on any atom is 0.270 e. The second kappa shape index (κ2) is 9.23. The fraction of sp³-hybridized carbons (Fsp3) is 0. The van der Waals surface area contributed by atoms with Gasteiger partial charge in [0.1, 0.15) is 5.75 Å². The van der Waals surface area contributed by atoms with Crippen LogP contribution in [0.25, 0.3) is 11.3 Å². The van der Waals surface area contributed by atoms with E-state index in [0.717, 1.165) is 5.56 Å². The summed E-state index contributed by atoms with van der Waals surface area (Å²) >= 11 is 6.00. The van der Waals surface area contributed by atoms with Crippen LogP contribution < -0.4 is 0 Å². The molecule has 9 heteroatoms. The zero-order valence-electron chi connectivity index (χ0n) is 16.5. The summed E-state index contributed by atoms with van der Waals surface area (Å²) in [6, 6.07) is 20.3. The van der Waals surface area contributed by atoms with Crippen LogP contribution in [-0.4, -0.2) is 32.1 Å². The minimum Gasteiger partial charge on any atom is -0.507 e. The molecule has 0 fully saturated rings. The smallest absolute Gasteiger partial charge is 0.270 e. The average molecular weight is 446 g/mol. The van der Waals surface area contributed by atoms with E-state index in [1.165, 1.54) is 35.3 Å². The normalized spacial score (nSPS) is 11.4. The van der Waals surface area contributed by atoms with Gasteiger partial charge in [0.2, 0.25) is 0 Å². The number of hydrogen-bond donors (Lipinski definition) is 1. The topological polar surface area (TPSA) is 106 Å². The zero-order valence-corrected chi connectivity index (χ0v) is 17.3. The molecule has 0 radical (unpaired) electrons. The SMILES string of the molecule is O=[N+]([O-])c1cccc(/C=N\n2cc(-c3ccccc3)nc2N=Cc2cc(Cl)ccc2O)c1. The molecule has 32 heavy (non-hydrogen) atoms. The maximum atomic E-state index is 11.0. The molecule has 0 atom stereocenters. The predicted octanol–water partition coefficient (Wildman–Crippen LogP) is 5.45. The van der Waals surface area contributed by atoms with E-state index >= 15 is 0 Å². The number of hydrogen-bond acceptors (Lipinski definition) is 6. The fourth-order valence-corrected chi connectivity index (χ4v) is 3.07. The monoisotopic (exact) mass is 445 g/mol. The van der Waals surface area contributed by atoms with Crippen molar-refractivity contribution in [3.05, 3.63) is 105 Å². The second-order valence-electron chi connectivity index (χ2n) is 6.69. The number of nitro benzene ring substituents is 1. The summed E-state index contributed by atoms with van der Waals surface area (Å²) in [6.45, 7) is 0. The molecule has 4 aromatic rings. The Morgan fingerprint density at radius 3 is 2.62 bits per heavy atom. The van der Waals surface area contributed by atoms with Gasteiger partial charge in [-0.05, 0) is 18.2 Å². The van der Waals surface area contributed by atoms with E-state index in [9.17, 15) is 15.2 Å². The number of aliphatic imine (C=N–C) groups is 1. The molecule has 0 saturated heterocycles. The summed E-state index contributed by atoms with van der Waals surface area (Å²) in [5.74, 6) is 0.282. The minimum absolute atomic E-state index is 0.0274. The molecule has 4 rings (SSSR count). The van der Waals surface area contributed by atoms with Crippen LogP contribution in [0.3, 0.4) is 0 Å². The van der Waals surface area contributed by atoms with Crippen LogP contribution >= 0.6 is 11.6 Å². The third-order valence-electron chi connectivity index (χ3n) is 4.46. The van der Waals surface area contributed by atoms with Crippen molar-refractivity contribution in [2.24, 2.45) is 10.1 Å². The second-order valence-corrected chi connectivity index (χ2v) is 7.13. The number of aromatic hydroxyl groups is 1. The average Bonchev–Trinajstić information content (AvgIpc) is 3.22. The first-order chi connectivity index (χ1) is 15.5. The highest BCUT2D eigenvalue weighted by molar-refractivity contribution is 6.30. The van der Waals surface area contributed by atoms with Gasteiger partial charge in [-0.15, -0.1) is 0 Å². The number of phenolic OH excluding ortho intramolecular Hbond substituents is 1. The molecule has 0 aliphatic heterocycles. The van der Waals surface area contributed by atoms with E-state index in [0.29, 0.717) is 21.8 Å². The lowest BCUT2D eigenvalue weighted by Gasteiger charge is -1.99. The molecule has 158 valence electrons. The number of imidazole rings is 1. The standard InChI is InChI=1S/C23H16ClN5O3/c24-19-9-10-22(30)18(12-19)14-25-23-27-21(17-6-2-1-3-7-17)15-28(23)26-13-16-5-4-8-20(11-16)29(31)32/h1-15,30H/b25-14?,26-13-. The number of phenols is 1. The molecule has 1 N–H and O–H groups in total. The molecule has 0 aliphatic carbocycles. The Balaban J connectivity index is 1.72. The Morgan fingerprint density at radius 1 is 1.03 bits per heavy atom. The van der Waals surface area contributed by atoms with Gasteiger partial charge in [0.25, 0.3) is 11.6 Å². The van der Waals surface area contributed by atoms with Gasteiger partial charge in [-0.2, -0.15) is 5.10 Å². The van der Waals surface area contributed by atoms with Crippen molar-refractivity contribution >= 4 is 35.7 Å². The van der Waals surface area contributed by atoms with Gasteiger partial charge in [0.05, 0.1) is 23.0 Å². The number of non-ortho nitro benzene ring substituents is 1. The molecule has 0 unspecified atom stereocenters. The molecular formula is C23H16ClN5O3. The van der Waals surface area contributed by atoms with Crippen molar-refractivity contribution < 1.29 is 10.0 Å². The molecular weight excluding hydrogens is 430 g/mol. The van der Waals surface area contributed by atoms with Gasteiger partial charge in [0, 0.05) is 40.1 Å². The van der Waals surface area contributed by atoms with Gasteiger partial charge in [-0.1, -0.05) is 54.1 Å². The Kier molecular flexibility index (Phi) is 6.05. The Labute approximate surface area is 187 Å². The first-order valence-electron chi connectivity index (χ1n) is 9.46. The largest absolute Gasteiger partial charge is 0.507 e. The summed E-state index contributed by atoms with van der Waals surface area (Å²) in [5, 5.41) is 25.9. The minimum atomic E-state index is -0.463. The molecule has 0 spiro atoms. The van der Waals surface area contributed by atoms with Crippen molar-refractivity contribution in [1.29, 1.82) is 0 Å². The molecule has 0 saturated carbocycles. The summed E-state index contributed by atoms with van der Waals surface area (Å²) in [4.78, 5) is 19.4. The molecule has 0 aliphatic rings. The fourth-order valence-electron chi connectivity index (χ4n) is 2.89. The number of nitro groups is 1. The number of benzene rings is 3. The highest BCUT2D eigenvalue weighted by atomic mass is 35.5. The van der Waals surface area contributed by atoms with Crippen LogP contribution in [0.4, 0.5) is 11.6 Å². The van der Waals surface area contributed by atoms with E-state index < -0.39 is 4.92 Å². The van der Waals surface area contributed by atoms with Crippen LogP contribution in [0, 0.1) is 10.1 Å². The summed E-state index contributed by atoms with van der Waals surface area (Å²) in [5.41, 5.74) is 2.47. The van der Waals surface area contributed by atoms with Crippen LogP contribution in [0.2, 0.25) is 5.02 Å². The van der Waals surface area contributed by atoms with E-state index in [1.807, 2.05) is 30.3 Å². The summed E-state index contributed by atoms with van der Waals surface area (Å²) < 4.78 is 1.46. The number of halogens is 1. The number of aromatic nitrogens is 2. The van der Waals surface area contributed by atoms with Crippen LogP contribution in [0.15, 0.2) is 89.1 Å². The van der Waals surface area contributed by atoms with Gasteiger partial charge < -0.3 is 5.11 Å². The maximum absolute atomic E-state index is 11.0. The number of nitrogens with zero attached hydrogens (tertiary/aromatic N) is 5. The zero-order chi connectivity index (χ0) is 22.5. The van der Waals surface area contributed by atoms with Gasteiger partial charge in [-0.25, -0.2) is 14.7 Å². The molecule has 1 heterocycles. The van der Waals surface area contributed by atoms with E-state index in [2.05, 4.69) is 15.1 Å². The Morgan fingerprint density at radius 2 is 1.84 bits per heavy atom. The third-order valence-corrected chi connectivity index (χ3v) is 4.70. The van der Waals surface area contributed by atoms with Crippen LogP contribution in [0.1, 0.15) is 11.1 Å². The lowest BCUT2D eigenvalue weighted by atomic mass is 10.2. The molecule has 1 aromatic heterocycles. The summed E-state index contributed by atoms with van der Waals surface area (Å²) in [6.07, 6.45) is 4.63. The molecule has 8 nitrogen and oxygen atoms in total. The quantitative estimate of drug-likeness (QED) is 0.242. The third kappa shape index (κ3) is 4.88. The van der Waals surface area contributed by atoms with E-state index in [-0.39, 0.29) is 17.4 Å². The molecule has 0 amide bonds. The van der Waals surface area contributed by atoms with Gasteiger partial charge in [0.15, 0.2) is 0 Å². The van der Waals surface area contributed by atoms with Crippen molar-refractivity contribution in [2.75, 3.05) is 0 Å².